The highest BCUT2D eigenvalue weighted by atomic mass is 32.2. The zero-order valence-electron chi connectivity index (χ0n) is 7.82. The molecule has 0 aromatic heterocycles. The van der Waals surface area contributed by atoms with E-state index in [0.717, 1.165) is 11.5 Å². The molecule has 74 valence electrons. The fourth-order valence-corrected chi connectivity index (χ4v) is 1.66. The molecule has 0 amide bonds. The number of thioether (sulfide) groups is 1. The van der Waals surface area contributed by atoms with Gasteiger partial charge in [0.25, 0.3) is 0 Å². The van der Waals surface area contributed by atoms with Crippen molar-refractivity contribution in [2.45, 2.75) is 6.10 Å². The first-order chi connectivity index (χ1) is 6.81. The molecular weight excluding hydrogens is 198 g/mol. The van der Waals surface area contributed by atoms with Gasteiger partial charge in [0.05, 0.1) is 0 Å². The molecule has 1 aliphatic heterocycles. The number of rotatable bonds is 1. The zero-order valence-corrected chi connectivity index (χ0v) is 8.64. The van der Waals surface area contributed by atoms with Gasteiger partial charge in [0, 0.05) is 0 Å². The third-order valence-corrected chi connectivity index (χ3v) is 2.72. The van der Waals surface area contributed by atoms with Crippen molar-refractivity contribution in [3.8, 4) is 11.5 Å². The van der Waals surface area contributed by atoms with Crippen LogP contribution in [0.3, 0.4) is 0 Å². The van der Waals surface area contributed by atoms with E-state index in [1.807, 2.05) is 30.5 Å². The summed E-state index contributed by atoms with van der Waals surface area (Å²) < 4.78 is 11.1. The van der Waals surface area contributed by atoms with Gasteiger partial charge in [-0.1, -0.05) is 12.1 Å². The lowest BCUT2D eigenvalue weighted by molar-refractivity contribution is 0.136. The molecule has 0 saturated carbocycles. The molecule has 1 aromatic rings. The van der Waals surface area contributed by atoms with Crippen LogP contribution >= 0.6 is 11.8 Å². The van der Waals surface area contributed by atoms with Crippen molar-refractivity contribution in [2.24, 2.45) is 0 Å². The third-order valence-electron chi connectivity index (χ3n) is 2.02. The number of para-hydroxylation sites is 2. The Balaban J connectivity index is 2.17. The van der Waals surface area contributed by atoms with E-state index in [1.165, 1.54) is 11.8 Å². The first-order valence-electron chi connectivity index (χ1n) is 4.32. The average molecular weight is 209 g/mol. The number of benzene rings is 1. The van der Waals surface area contributed by atoms with Crippen molar-refractivity contribution < 1.29 is 9.47 Å². The average Bonchev–Trinajstić information content (AvgIpc) is 2.27. The molecule has 0 radical (unpaired) electrons. The second kappa shape index (κ2) is 3.92. The molecule has 0 spiro atoms. The number of hydrogen-bond acceptors (Lipinski definition) is 4. The molecule has 0 fully saturated rings. The van der Waals surface area contributed by atoms with Gasteiger partial charge in [-0.05, 0) is 18.4 Å². The monoisotopic (exact) mass is 209 g/mol. The van der Waals surface area contributed by atoms with Crippen molar-refractivity contribution in [1.82, 2.24) is 0 Å². The Hall–Kier alpha value is -1.16. The summed E-state index contributed by atoms with van der Waals surface area (Å²) in [6, 6.07) is 7.53. The molecular formula is C10H11NO2S. The summed E-state index contributed by atoms with van der Waals surface area (Å²) in [5, 5.41) is 8.13. The SMILES string of the molecule is CSC(=N)C1COc2ccccc2O1. The van der Waals surface area contributed by atoms with Gasteiger partial charge < -0.3 is 9.47 Å². The van der Waals surface area contributed by atoms with Crippen LogP contribution in [0.2, 0.25) is 0 Å². The van der Waals surface area contributed by atoms with Crippen LogP contribution in [-0.4, -0.2) is 24.0 Å². The molecule has 0 saturated heterocycles. The van der Waals surface area contributed by atoms with Crippen LogP contribution in [0.4, 0.5) is 0 Å². The molecule has 0 bridgehead atoms. The fraction of sp³-hybridized carbons (Fsp3) is 0.300. The minimum atomic E-state index is -0.250. The minimum Gasteiger partial charge on any atom is -0.485 e. The summed E-state index contributed by atoms with van der Waals surface area (Å²) in [4.78, 5) is 0. The van der Waals surface area contributed by atoms with Crippen molar-refractivity contribution in [2.75, 3.05) is 12.9 Å². The summed E-state index contributed by atoms with van der Waals surface area (Å²) in [5.74, 6) is 1.49. The Bertz CT molecular complexity index is 354. The highest BCUT2D eigenvalue weighted by molar-refractivity contribution is 8.13. The second-order valence-electron chi connectivity index (χ2n) is 2.93. The van der Waals surface area contributed by atoms with Crippen molar-refractivity contribution in [3.05, 3.63) is 24.3 Å². The van der Waals surface area contributed by atoms with Gasteiger partial charge in [-0.3, -0.25) is 5.41 Å². The maximum Gasteiger partial charge on any atom is 0.180 e. The molecule has 1 unspecified atom stereocenters. The highest BCUT2D eigenvalue weighted by Gasteiger charge is 2.23. The topological polar surface area (TPSA) is 42.3 Å². The number of ether oxygens (including phenoxy) is 2. The molecule has 4 heteroatoms. The van der Waals surface area contributed by atoms with Gasteiger partial charge in [0.1, 0.15) is 11.7 Å². The predicted octanol–water partition coefficient (Wildman–Crippen LogP) is 2.17. The molecule has 1 N–H and O–H groups in total. The predicted molar refractivity (Wildman–Crippen MR) is 57.6 cm³/mol. The Kier molecular flexibility index (Phi) is 2.63. The Morgan fingerprint density at radius 1 is 1.43 bits per heavy atom. The van der Waals surface area contributed by atoms with Crippen molar-refractivity contribution in [3.63, 3.8) is 0 Å². The van der Waals surface area contributed by atoms with Crippen LogP contribution in [0, 0.1) is 5.41 Å². The van der Waals surface area contributed by atoms with E-state index in [9.17, 15) is 0 Å². The maximum absolute atomic E-state index is 7.63. The first kappa shape index (κ1) is 9.40. The van der Waals surface area contributed by atoms with Crippen LogP contribution in [-0.2, 0) is 0 Å². The van der Waals surface area contributed by atoms with Crippen LogP contribution in [0.5, 0.6) is 11.5 Å². The molecule has 0 aliphatic carbocycles. The van der Waals surface area contributed by atoms with Crippen LogP contribution < -0.4 is 9.47 Å². The summed E-state index contributed by atoms with van der Waals surface area (Å²) in [6.45, 7) is 0.427. The Morgan fingerprint density at radius 3 is 2.86 bits per heavy atom. The lowest BCUT2D eigenvalue weighted by Gasteiger charge is -2.25. The molecule has 1 aromatic carbocycles. The molecule has 2 rings (SSSR count). The number of nitrogens with one attached hydrogen (secondary N) is 1. The Labute approximate surface area is 86.9 Å². The van der Waals surface area contributed by atoms with Crippen LogP contribution in [0.1, 0.15) is 0 Å². The van der Waals surface area contributed by atoms with Gasteiger partial charge >= 0.3 is 0 Å². The smallest absolute Gasteiger partial charge is 0.180 e. The van der Waals surface area contributed by atoms with Gasteiger partial charge in [-0.15, -0.1) is 11.8 Å². The van der Waals surface area contributed by atoms with Crippen molar-refractivity contribution in [1.29, 1.82) is 5.41 Å². The van der Waals surface area contributed by atoms with E-state index in [-0.39, 0.29) is 6.10 Å². The summed E-state index contributed by atoms with van der Waals surface area (Å²) in [5.41, 5.74) is 0. The minimum absolute atomic E-state index is 0.250. The third kappa shape index (κ3) is 1.70. The van der Waals surface area contributed by atoms with E-state index >= 15 is 0 Å². The summed E-state index contributed by atoms with van der Waals surface area (Å²) in [6.07, 6.45) is 1.62. The van der Waals surface area contributed by atoms with Gasteiger partial charge in [-0.25, -0.2) is 0 Å². The van der Waals surface area contributed by atoms with E-state index in [4.69, 9.17) is 14.9 Å². The van der Waals surface area contributed by atoms with E-state index in [2.05, 4.69) is 0 Å². The lowest BCUT2D eigenvalue weighted by atomic mass is 10.3. The molecule has 1 aliphatic rings. The van der Waals surface area contributed by atoms with E-state index < -0.39 is 0 Å². The van der Waals surface area contributed by atoms with E-state index in [0.29, 0.717) is 11.7 Å². The maximum atomic E-state index is 7.63. The zero-order chi connectivity index (χ0) is 9.97. The number of fused-ring (bicyclic) bond motifs is 1. The largest absolute Gasteiger partial charge is 0.485 e. The first-order valence-corrected chi connectivity index (χ1v) is 5.54. The second-order valence-corrected chi connectivity index (χ2v) is 3.78. The highest BCUT2D eigenvalue weighted by Crippen LogP contribution is 2.31. The summed E-state index contributed by atoms with van der Waals surface area (Å²) in [7, 11) is 0. The van der Waals surface area contributed by atoms with Crippen molar-refractivity contribution >= 4 is 16.8 Å². The molecule has 14 heavy (non-hydrogen) atoms. The van der Waals surface area contributed by atoms with Crippen LogP contribution in [0.15, 0.2) is 24.3 Å². The van der Waals surface area contributed by atoms with Gasteiger partial charge in [0.2, 0.25) is 0 Å². The number of hydrogen-bond donors (Lipinski definition) is 1. The summed E-state index contributed by atoms with van der Waals surface area (Å²) >= 11 is 1.38. The quantitative estimate of drug-likeness (QED) is 0.569. The normalized spacial score (nSPS) is 19.1. The molecule has 1 atom stereocenters. The Morgan fingerprint density at radius 2 is 2.14 bits per heavy atom. The van der Waals surface area contributed by atoms with Gasteiger partial charge in [0.15, 0.2) is 17.6 Å². The fourth-order valence-electron chi connectivity index (χ4n) is 1.28. The lowest BCUT2D eigenvalue weighted by Crippen LogP contribution is -2.34. The molecule has 1 heterocycles. The molecule has 3 nitrogen and oxygen atoms in total. The standard InChI is InChI=1S/C10H11NO2S/c1-14-10(11)9-6-12-7-4-2-3-5-8(7)13-9/h2-5,9,11H,6H2,1H3. The van der Waals surface area contributed by atoms with Crippen LogP contribution in [0.25, 0.3) is 0 Å². The van der Waals surface area contributed by atoms with Gasteiger partial charge in [-0.2, -0.15) is 0 Å². The van der Waals surface area contributed by atoms with E-state index in [1.54, 1.807) is 0 Å².